The van der Waals surface area contributed by atoms with Crippen molar-refractivity contribution in [2.24, 2.45) is 0 Å². The third-order valence-electron chi connectivity index (χ3n) is 2.84. The van der Waals surface area contributed by atoms with Crippen LogP contribution in [0.3, 0.4) is 0 Å². The van der Waals surface area contributed by atoms with Crippen LogP contribution in [0, 0.1) is 0 Å². The first-order chi connectivity index (χ1) is 9.72. The standard InChI is InChI=1S/C14H12BrNO2S2/c15-12-5-4-11(18-12)13(17)16-10-3-1-2-9(8-10)14-19-6-7-20-14/h1-5,8,14H,6-7H2,(H,16,17). The number of rotatable bonds is 3. The summed E-state index contributed by atoms with van der Waals surface area (Å²) < 4.78 is 6.27. The van der Waals surface area contributed by atoms with Gasteiger partial charge in [0.05, 0.1) is 4.58 Å². The van der Waals surface area contributed by atoms with Gasteiger partial charge in [-0.05, 0) is 45.8 Å². The van der Waals surface area contributed by atoms with Gasteiger partial charge in [0.1, 0.15) is 0 Å². The number of benzene rings is 1. The summed E-state index contributed by atoms with van der Waals surface area (Å²) in [4.78, 5) is 12.0. The van der Waals surface area contributed by atoms with Crippen molar-refractivity contribution in [2.45, 2.75) is 4.58 Å². The molecule has 0 saturated carbocycles. The summed E-state index contributed by atoms with van der Waals surface area (Å²) in [6.07, 6.45) is 0. The highest BCUT2D eigenvalue weighted by molar-refractivity contribution is 9.10. The van der Waals surface area contributed by atoms with Gasteiger partial charge >= 0.3 is 0 Å². The van der Waals surface area contributed by atoms with Gasteiger partial charge in [0.2, 0.25) is 0 Å². The van der Waals surface area contributed by atoms with E-state index in [1.54, 1.807) is 12.1 Å². The highest BCUT2D eigenvalue weighted by Gasteiger charge is 2.19. The van der Waals surface area contributed by atoms with E-state index < -0.39 is 0 Å². The summed E-state index contributed by atoms with van der Waals surface area (Å²) >= 11 is 7.09. The molecule has 1 aliphatic heterocycles. The van der Waals surface area contributed by atoms with Crippen LogP contribution in [0.1, 0.15) is 20.7 Å². The molecule has 1 aliphatic rings. The molecule has 0 bridgehead atoms. The Morgan fingerprint density at radius 1 is 1.25 bits per heavy atom. The van der Waals surface area contributed by atoms with Gasteiger partial charge in [0.25, 0.3) is 5.91 Å². The fourth-order valence-electron chi connectivity index (χ4n) is 1.94. The molecule has 2 aromatic rings. The number of carbonyl (C=O) groups excluding carboxylic acids is 1. The molecule has 1 aromatic heterocycles. The molecule has 1 fully saturated rings. The predicted octanol–water partition coefficient (Wildman–Crippen LogP) is 4.77. The van der Waals surface area contributed by atoms with Gasteiger partial charge in [-0.25, -0.2) is 0 Å². The lowest BCUT2D eigenvalue weighted by Crippen LogP contribution is -2.10. The molecule has 0 atom stereocenters. The summed E-state index contributed by atoms with van der Waals surface area (Å²) in [6.45, 7) is 0. The second-order valence-electron chi connectivity index (χ2n) is 4.26. The molecule has 1 N–H and O–H groups in total. The number of anilines is 1. The maximum Gasteiger partial charge on any atom is 0.291 e. The van der Waals surface area contributed by atoms with Crippen LogP contribution < -0.4 is 5.32 Å². The zero-order chi connectivity index (χ0) is 13.9. The predicted molar refractivity (Wildman–Crippen MR) is 88.5 cm³/mol. The topological polar surface area (TPSA) is 42.2 Å². The molecule has 6 heteroatoms. The maximum atomic E-state index is 12.0. The fraction of sp³-hybridized carbons (Fsp3) is 0.214. The summed E-state index contributed by atoms with van der Waals surface area (Å²) in [7, 11) is 0. The van der Waals surface area contributed by atoms with E-state index in [1.807, 2.05) is 41.7 Å². The number of hydrogen-bond acceptors (Lipinski definition) is 4. The molecule has 0 unspecified atom stereocenters. The number of furan rings is 1. The van der Waals surface area contributed by atoms with E-state index >= 15 is 0 Å². The van der Waals surface area contributed by atoms with Gasteiger partial charge in [-0.3, -0.25) is 4.79 Å². The van der Waals surface area contributed by atoms with Crippen molar-refractivity contribution in [3.05, 3.63) is 52.4 Å². The SMILES string of the molecule is O=C(Nc1cccc(C2SCCS2)c1)c1ccc(Br)o1. The van der Waals surface area contributed by atoms with E-state index in [9.17, 15) is 4.79 Å². The minimum absolute atomic E-state index is 0.237. The highest BCUT2D eigenvalue weighted by atomic mass is 79.9. The summed E-state index contributed by atoms with van der Waals surface area (Å²) in [5.74, 6) is 2.44. The van der Waals surface area contributed by atoms with Gasteiger partial charge < -0.3 is 9.73 Å². The minimum atomic E-state index is -0.237. The Bertz CT molecular complexity index is 623. The van der Waals surface area contributed by atoms with E-state index in [0.717, 1.165) is 5.69 Å². The third kappa shape index (κ3) is 3.24. The van der Waals surface area contributed by atoms with Crippen molar-refractivity contribution in [3.63, 3.8) is 0 Å². The normalized spacial score (nSPS) is 15.4. The summed E-state index contributed by atoms with van der Waals surface area (Å²) in [5, 5.41) is 2.86. The van der Waals surface area contributed by atoms with Gasteiger partial charge in [0, 0.05) is 17.2 Å². The Morgan fingerprint density at radius 2 is 2.05 bits per heavy atom. The van der Waals surface area contributed by atoms with Gasteiger partial charge in [-0.15, -0.1) is 23.5 Å². The van der Waals surface area contributed by atoms with Crippen molar-refractivity contribution in [2.75, 3.05) is 16.8 Å². The number of carbonyl (C=O) groups is 1. The van der Waals surface area contributed by atoms with Crippen molar-refractivity contribution < 1.29 is 9.21 Å². The van der Waals surface area contributed by atoms with E-state index in [2.05, 4.69) is 27.3 Å². The molecule has 1 aromatic carbocycles. The van der Waals surface area contributed by atoms with Gasteiger partial charge in [-0.1, -0.05) is 12.1 Å². The second kappa shape index (κ2) is 6.28. The fourth-order valence-corrected chi connectivity index (χ4v) is 5.09. The van der Waals surface area contributed by atoms with Gasteiger partial charge in [-0.2, -0.15) is 0 Å². The van der Waals surface area contributed by atoms with Crippen molar-refractivity contribution in [1.82, 2.24) is 0 Å². The molecule has 2 heterocycles. The number of amides is 1. The molecule has 1 saturated heterocycles. The molecule has 0 aliphatic carbocycles. The smallest absolute Gasteiger partial charge is 0.291 e. The Labute approximate surface area is 134 Å². The second-order valence-corrected chi connectivity index (χ2v) is 7.76. The molecule has 20 heavy (non-hydrogen) atoms. The lowest BCUT2D eigenvalue weighted by Gasteiger charge is -2.10. The first kappa shape index (κ1) is 14.1. The van der Waals surface area contributed by atoms with E-state index in [-0.39, 0.29) is 5.91 Å². The van der Waals surface area contributed by atoms with Crippen LogP contribution in [0.5, 0.6) is 0 Å². The van der Waals surface area contributed by atoms with E-state index in [1.165, 1.54) is 17.1 Å². The number of thioether (sulfide) groups is 2. The quantitative estimate of drug-likeness (QED) is 0.845. The van der Waals surface area contributed by atoms with E-state index in [0.29, 0.717) is 15.0 Å². The molecule has 3 rings (SSSR count). The van der Waals surface area contributed by atoms with Crippen molar-refractivity contribution in [3.8, 4) is 0 Å². The Morgan fingerprint density at radius 3 is 2.75 bits per heavy atom. The first-order valence-electron chi connectivity index (χ1n) is 6.12. The molecule has 3 nitrogen and oxygen atoms in total. The summed E-state index contributed by atoms with van der Waals surface area (Å²) in [6, 6.07) is 11.4. The van der Waals surface area contributed by atoms with Crippen LogP contribution in [0.4, 0.5) is 5.69 Å². The molecular weight excluding hydrogens is 358 g/mol. The highest BCUT2D eigenvalue weighted by Crippen LogP contribution is 2.45. The third-order valence-corrected chi connectivity index (χ3v) is 6.37. The average Bonchev–Trinajstić information content (AvgIpc) is 3.10. The van der Waals surface area contributed by atoms with Crippen molar-refractivity contribution >= 4 is 51.0 Å². The maximum absolute atomic E-state index is 12.0. The number of nitrogens with one attached hydrogen (secondary N) is 1. The minimum Gasteiger partial charge on any atom is -0.444 e. The number of halogens is 1. The Hall–Kier alpha value is -0.850. The van der Waals surface area contributed by atoms with Crippen LogP contribution in [0.2, 0.25) is 0 Å². The molecule has 104 valence electrons. The molecule has 1 amide bonds. The zero-order valence-corrected chi connectivity index (χ0v) is 13.7. The van der Waals surface area contributed by atoms with Crippen molar-refractivity contribution in [1.29, 1.82) is 0 Å². The monoisotopic (exact) mass is 369 g/mol. The van der Waals surface area contributed by atoms with Crippen LogP contribution in [-0.4, -0.2) is 17.4 Å². The summed E-state index contributed by atoms with van der Waals surface area (Å²) in [5.41, 5.74) is 2.05. The molecule has 0 spiro atoms. The Kier molecular flexibility index (Phi) is 4.43. The Balaban J connectivity index is 1.74. The van der Waals surface area contributed by atoms with Gasteiger partial charge in [0.15, 0.2) is 10.4 Å². The average molecular weight is 370 g/mol. The largest absolute Gasteiger partial charge is 0.444 e. The molecular formula is C14H12BrNO2S2. The lowest BCUT2D eigenvalue weighted by atomic mass is 10.2. The van der Waals surface area contributed by atoms with E-state index in [4.69, 9.17) is 4.42 Å². The lowest BCUT2D eigenvalue weighted by molar-refractivity contribution is 0.0995. The number of hydrogen-bond donors (Lipinski definition) is 1. The molecule has 0 radical (unpaired) electrons. The van der Waals surface area contributed by atoms with Crippen LogP contribution in [-0.2, 0) is 0 Å². The van der Waals surface area contributed by atoms with Crippen LogP contribution in [0.15, 0.2) is 45.5 Å². The zero-order valence-electron chi connectivity index (χ0n) is 10.5. The van der Waals surface area contributed by atoms with Crippen LogP contribution >= 0.6 is 39.5 Å². The van der Waals surface area contributed by atoms with Crippen LogP contribution in [0.25, 0.3) is 0 Å². The first-order valence-corrected chi connectivity index (χ1v) is 9.01.